The third kappa shape index (κ3) is 33.0. The number of benzene rings is 4. The predicted molar refractivity (Wildman–Crippen MR) is 270 cm³/mol. The van der Waals surface area contributed by atoms with Crippen LogP contribution in [0.3, 0.4) is 0 Å². The average molecular weight is 911 g/mol. The molecular weight excluding hydrogens is 829 g/mol. The van der Waals surface area contributed by atoms with E-state index in [2.05, 4.69) is 122 Å². The number of aryl methyl sites for hydroxylation is 7. The maximum absolute atomic E-state index is 11.0. The van der Waals surface area contributed by atoms with E-state index in [9.17, 15) is 19.2 Å². The molecule has 0 saturated heterocycles. The Bertz CT molecular complexity index is 1710. The molecule has 11 nitrogen and oxygen atoms in total. The van der Waals surface area contributed by atoms with Crippen LogP contribution in [0.1, 0.15) is 110 Å². The van der Waals surface area contributed by atoms with E-state index >= 15 is 0 Å². The van der Waals surface area contributed by atoms with Crippen molar-refractivity contribution in [1.29, 1.82) is 0 Å². The van der Waals surface area contributed by atoms with Crippen LogP contribution in [0.2, 0.25) is 0 Å². The molecule has 0 heterocycles. The van der Waals surface area contributed by atoms with Gasteiger partial charge in [0.1, 0.15) is 19.0 Å². The van der Waals surface area contributed by atoms with Crippen molar-refractivity contribution in [1.82, 2.24) is 21.3 Å². The quantitative estimate of drug-likeness (QED) is 0.0460. The summed E-state index contributed by atoms with van der Waals surface area (Å²) in [6, 6.07) is 33.8. The van der Waals surface area contributed by atoms with Crippen molar-refractivity contribution in [3.05, 3.63) is 136 Å². The fourth-order valence-electron chi connectivity index (χ4n) is 6.08. The van der Waals surface area contributed by atoms with Gasteiger partial charge in [-0.25, -0.2) is 0 Å². The van der Waals surface area contributed by atoms with Gasteiger partial charge in [-0.1, -0.05) is 114 Å². The Morgan fingerprint density at radius 3 is 1.08 bits per heavy atom. The average Bonchev–Trinajstić information content (AvgIpc) is 3.33. The zero-order valence-electron chi connectivity index (χ0n) is 41.5. The number of carbonyl (C=O) groups is 4. The van der Waals surface area contributed by atoms with Crippen LogP contribution in [0.15, 0.2) is 97.1 Å². The number of rotatable bonds is 26. The lowest BCUT2D eigenvalue weighted by molar-refractivity contribution is -0.125. The molecule has 0 fully saturated rings. The molecule has 66 heavy (non-hydrogen) atoms. The molecule has 0 aliphatic rings. The Kier molecular flexibility index (Phi) is 34.3. The van der Waals surface area contributed by atoms with Crippen molar-refractivity contribution >= 4 is 23.6 Å². The van der Waals surface area contributed by atoms with Gasteiger partial charge in [-0.05, 0) is 127 Å². The van der Waals surface area contributed by atoms with Gasteiger partial charge in [-0.2, -0.15) is 0 Å². The SMILES string of the molecule is CNC(=O)CCCCCOc1ccc(C)cc1.CNC(=O)CCCCCc1ccc(C)cc1.CNC(=O)COCCCCc1ccc(C)cc1.CNC(=O)COCCCc1ccc(C)cc1. The molecule has 0 unspecified atom stereocenters. The smallest absolute Gasteiger partial charge is 0.245 e. The van der Waals surface area contributed by atoms with Crippen molar-refractivity contribution in [2.24, 2.45) is 0 Å². The Morgan fingerprint density at radius 1 is 0.364 bits per heavy atom. The van der Waals surface area contributed by atoms with Crippen molar-refractivity contribution in [2.45, 2.75) is 118 Å². The van der Waals surface area contributed by atoms with Gasteiger partial charge in [-0.3, -0.25) is 19.2 Å². The minimum absolute atomic E-state index is 0.0662. The molecule has 0 aliphatic heterocycles. The number of unbranched alkanes of at least 4 members (excludes halogenated alkanes) is 5. The Balaban J connectivity index is 0.000000440. The van der Waals surface area contributed by atoms with Gasteiger partial charge in [0.15, 0.2) is 0 Å². The maximum atomic E-state index is 11.0. The van der Waals surface area contributed by atoms with Crippen LogP contribution < -0.4 is 26.0 Å². The van der Waals surface area contributed by atoms with Gasteiger partial charge in [-0.15, -0.1) is 0 Å². The van der Waals surface area contributed by atoms with E-state index in [1.165, 1.54) is 45.4 Å². The summed E-state index contributed by atoms with van der Waals surface area (Å²) in [5, 5.41) is 10.3. The summed E-state index contributed by atoms with van der Waals surface area (Å²) in [7, 11) is 6.58. The minimum Gasteiger partial charge on any atom is -0.494 e. The first kappa shape index (κ1) is 58.5. The highest BCUT2D eigenvalue weighted by atomic mass is 16.5. The van der Waals surface area contributed by atoms with Crippen molar-refractivity contribution in [3.8, 4) is 5.75 Å². The summed E-state index contributed by atoms with van der Waals surface area (Å²) in [4.78, 5) is 43.6. The maximum Gasteiger partial charge on any atom is 0.245 e. The van der Waals surface area contributed by atoms with E-state index < -0.39 is 0 Å². The fraction of sp³-hybridized carbons (Fsp3) is 0.491. The number of nitrogens with one attached hydrogen (secondary N) is 4. The molecule has 11 heteroatoms. The molecule has 0 saturated carbocycles. The van der Waals surface area contributed by atoms with E-state index in [0.29, 0.717) is 26.1 Å². The molecule has 4 amide bonds. The van der Waals surface area contributed by atoms with Crippen LogP contribution >= 0.6 is 0 Å². The number of hydrogen-bond donors (Lipinski definition) is 4. The zero-order valence-corrected chi connectivity index (χ0v) is 41.5. The van der Waals surface area contributed by atoms with Crippen LogP contribution in [0.5, 0.6) is 5.75 Å². The summed E-state index contributed by atoms with van der Waals surface area (Å²) in [6.07, 6.45) is 13.7. The van der Waals surface area contributed by atoms with Crippen LogP contribution in [0.4, 0.5) is 0 Å². The number of carbonyl (C=O) groups excluding carboxylic acids is 4. The fourth-order valence-corrected chi connectivity index (χ4v) is 6.08. The standard InChI is InChI=1S/2C14H21NO2.C14H21NO.C13H19NO2/c1-12-6-8-13(9-7-12)5-3-4-10-17-11-14(16)15-2;1-12-7-9-13(10-8-12)17-11-5-3-4-6-14(16)15-2;1-12-8-10-13(11-9-12)6-4-3-5-7-14(16)15-2;1-11-5-7-12(8-6-11)4-3-9-16-10-13(15)14-2/h6-9H,3-5,10-11H2,1-2H3,(H,15,16);7-10H,3-6,11H2,1-2H3,(H,15,16);8-11H,3-7H2,1-2H3,(H,15,16);5-8H,3-4,9-10H2,1-2H3,(H,14,15). The van der Waals surface area contributed by atoms with E-state index in [1.54, 1.807) is 28.2 Å². The Labute approximate surface area is 397 Å². The predicted octanol–water partition coefficient (Wildman–Crippen LogP) is 9.29. The van der Waals surface area contributed by atoms with Crippen molar-refractivity contribution < 1.29 is 33.4 Å². The number of amides is 4. The third-order valence-corrected chi connectivity index (χ3v) is 10.4. The highest BCUT2D eigenvalue weighted by Gasteiger charge is 2.01. The lowest BCUT2D eigenvalue weighted by Gasteiger charge is -2.06. The van der Waals surface area contributed by atoms with Crippen LogP contribution in [-0.4, -0.2) is 84.9 Å². The molecular formula is C55H82N4O7. The molecule has 0 aliphatic carbocycles. The molecule has 0 bridgehead atoms. The molecule has 364 valence electrons. The molecule has 4 rings (SSSR count). The number of hydrogen-bond acceptors (Lipinski definition) is 7. The van der Waals surface area contributed by atoms with Gasteiger partial charge in [0.2, 0.25) is 23.6 Å². The Hall–Kier alpha value is -5.52. The molecule has 4 aromatic rings. The molecule has 4 aromatic carbocycles. The molecule has 0 atom stereocenters. The molecule has 0 aromatic heterocycles. The molecule has 0 radical (unpaired) electrons. The third-order valence-electron chi connectivity index (χ3n) is 10.4. The van der Waals surface area contributed by atoms with Gasteiger partial charge in [0.25, 0.3) is 0 Å². The normalized spacial score (nSPS) is 10.1. The highest BCUT2D eigenvalue weighted by molar-refractivity contribution is 5.77. The first-order chi connectivity index (χ1) is 31.9. The second-order valence-corrected chi connectivity index (χ2v) is 16.3. The lowest BCUT2D eigenvalue weighted by atomic mass is 10.0. The molecule has 0 spiro atoms. The number of likely N-dealkylation sites (N-methyl/N-ethyl adjacent to an activating group) is 2. The van der Waals surface area contributed by atoms with E-state index in [-0.39, 0.29) is 36.8 Å². The first-order valence-electron chi connectivity index (χ1n) is 23.7. The first-order valence-corrected chi connectivity index (χ1v) is 23.7. The summed E-state index contributed by atoms with van der Waals surface area (Å²) >= 11 is 0. The highest BCUT2D eigenvalue weighted by Crippen LogP contribution is 2.13. The minimum atomic E-state index is -0.0738. The Morgan fingerprint density at radius 2 is 0.682 bits per heavy atom. The second kappa shape index (κ2) is 38.7. The summed E-state index contributed by atoms with van der Waals surface area (Å²) in [5.74, 6) is 1.04. The topological polar surface area (TPSA) is 144 Å². The van der Waals surface area contributed by atoms with E-state index in [4.69, 9.17) is 14.2 Å². The largest absolute Gasteiger partial charge is 0.494 e. The van der Waals surface area contributed by atoms with Crippen LogP contribution in [0.25, 0.3) is 0 Å². The summed E-state index contributed by atoms with van der Waals surface area (Å²) in [5.41, 5.74) is 9.19. The van der Waals surface area contributed by atoms with Gasteiger partial charge in [0.05, 0.1) is 6.61 Å². The second-order valence-electron chi connectivity index (χ2n) is 16.3. The summed E-state index contributed by atoms with van der Waals surface area (Å²) in [6.45, 7) is 10.7. The van der Waals surface area contributed by atoms with Crippen molar-refractivity contribution in [2.75, 3.05) is 61.2 Å². The van der Waals surface area contributed by atoms with Gasteiger partial charge in [0, 0.05) is 54.2 Å². The van der Waals surface area contributed by atoms with Gasteiger partial charge < -0.3 is 35.5 Å². The zero-order chi connectivity index (χ0) is 48.6. The van der Waals surface area contributed by atoms with E-state index in [1.807, 2.05) is 24.3 Å². The lowest BCUT2D eigenvalue weighted by Crippen LogP contribution is -2.23. The monoisotopic (exact) mass is 911 g/mol. The van der Waals surface area contributed by atoms with Crippen LogP contribution in [0, 0.1) is 27.7 Å². The van der Waals surface area contributed by atoms with Crippen LogP contribution in [-0.2, 0) is 47.9 Å². The number of ether oxygens (including phenoxy) is 3. The molecule has 4 N–H and O–H groups in total. The van der Waals surface area contributed by atoms with Gasteiger partial charge >= 0.3 is 0 Å². The van der Waals surface area contributed by atoms with Crippen molar-refractivity contribution in [3.63, 3.8) is 0 Å². The van der Waals surface area contributed by atoms with E-state index in [0.717, 1.165) is 83.0 Å². The summed E-state index contributed by atoms with van der Waals surface area (Å²) < 4.78 is 16.0.